The molecule has 0 aliphatic heterocycles. The fraction of sp³-hybridized carbons (Fsp3) is 1.00. The summed E-state index contributed by atoms with van der Waals surface area (Å²) in [6.07, 6.45) is 2.44. The number of hydrogen-bond donors (Lipinski definition) is 2. The van der Waals surface area contributed by atoms with Crippen molar-refractivity contribution in [2.45, 2.75) is 38.3 Å². The molecule has 0 fully saturated rings. The summed E-state index contributed by atoms with van der Waals surface area (Å²) >= 11 is 0. The first-order valence-electron chi connectivity index (χ1n) is 4.04. The second kappa shape index (κ2) is 5.05. The van der Waals surface area contributed by atoms with E-state index in [9.17, 15) is 9.59 Å². The first kappa shape index (κ1) is 11.3. The second-order valence-electron chi connectivity index (χ2n) is 2.75. The predicted molar refractivity (Wildman–Crippen MR) is 50.5 cm³/mol. The standard InChI is InChI=1S/C6H18O3Si2/c1-3-5-6(4-2,9-10)11(7)8/h7-8,11H,3-5H2,1-2,10H3/t6-/m0/s1. The molecule has 0 saturated heterocycles. The van der Waals surface area contributed by atoms with Crippen molar-refractivity contribution in [2.24, 2.45) is 0 Å². The van der Waals surface area contributed by atoms with Crippen molar-refractivity contribution in [2.75, 3.05) is 0 Å². The smallest absolute Gasteiger partial charge is 0.347 e. The van der Waals surface area contributed by atoms with Crippen LogP contribution in [0.15, 0.2) is 0 Å². The van der Waals surface area contributed by atoms with E-state index in [-0.39, 0.29) is 0 Å². The molecule has 0 rings (SSSR count). The van der Waals surface area contributed by atoms with Gasteiger partial charge < -0.3 is 14.0 Å². The molecule has 11 heavy (non-hydrogen) atoms. The molecule has 0 aromatic rings. The summed E-state index contributed by atoms with van der Waals surface area (Å²) in [5.74, 6) is 0. The van der Waals surface area contributed by atoms with Crippen LogP contribution in [0.1, 0.15) is 33.1 Å². The van der Waals surface area contributed by atoms with E-state index in [0.29, 0.717) is 16.9 Å². The van der Waals surface area contributed by atoms with Crippen molar-refractivity contribution in [3.05, 3.63) is 0 Å². The average Bonchev–Trinajstić information content (AvgIpc) is 2.00. The molecule has 0 aromatic carbocycles. The Bertz CT molecular complexity index is 104. The van der Waals surface area contributed by atoms with Crippen LogP contribution in [0.3, 0.4) is 0 Å². The van der Waals surface area contributed by atoms with Gasteiger partial charge in [0, 0.05) is 0 Å². The zero-order valence-electron chi connectivity index (χ0n) is 7.50. The van der Waals surface area contributed by atoms with Crippen LogP contribution in [-0.4, -0.2) is 34.6 Å². The van der Waals surface area contributed by atoms with Gasteiger partial charge in [0.05, 0.1) is 5.22 Å². The molecule has 0 aliphatic carbocycles. The lowest BCUT2D eigenvalue weighted by atomic mass is 10.1. The van der Waals surface area contributed by atoms with E-state index in [2.05, 4.69) is 0 Å². The highest BCUT2D eigenvalue weighted by atomic mass is 28.3. The SMILES string of the molecule is CCC[C@@](CC)(O[SiH3])[SiH](O)O. The van der Waals surface area contributed by atoms with Gasteiger partial charge in [-0.3, -0.25) is 0 Å². The fourth-order valence-electron chi connectivity index (χ4n) is 1.26. The van der Waals surface area contributed by atoms with E-state index in [4.69, 9.17) is 4.43 Å². The molecule has 3 nitrogen and oxygen atoms in total. The predicted octanol–water partition coefficient (Wildman–Crippen LogP) is -1.02. The molecular weight excluding hydrogens is 176 g/mol. The molecule has 0 aromatic heterocycles. The summed E-state index contributed by atoms with van der Waals surface area (Å²) in [6.45, 7) is 3.97. The average molecular weight is 194 g/mol. The second-order valence-corrected chi connectivity index (χ2v) is 4.95. The Balaban J connectivity index is 4.20. The van der Waals surface area contributed by atoms with Gasteiger partial charge >= 0.3 is 9.28 Å². The van der Waals surface area contributed by atoms with Gasteiger partial charge in [0.2, 0.25) is 0 Å². The molecule has 5 heteroatoms. The van der Waals surface area contributed by atoms with Gasteiger partial charge in [-0.1, -0.05) is 20.3 Å². The van der Waals surface area contributed by atoms with Crippen molar-refractivity contribution in [3.63, 3.8) is 0 Å². The van der Waals surface area contributed by atoms with Crippen LogP contribution in [0.25, 0.3) is 0 Å². The maximum absolute atomic E-state index is 9.19. The summed E-state index contributed by atoms with van der Waals surface area (Å²) in [5, 5.41) is -0.555. The quantitative estimate of drug-likeness (QED) is 0.551. The van der Waals surface area contributed by atoms with E-state index < -0.39 is 14.5 Å². The molecule has 68 valence electrons. The van der Waals surface area contributed by atoms with Gasteiger partial charge in [0.25, 0.3) is 0 Å². The monoisotopic (exact) mass is 194 g/mol. The summed E-state index contributed by atoms with van der Waals surface area (Å²) in [7, 11) is -2.04. The molecule has 0 spiro atoms. The highest BCUT2D eigenvalue weighted by Crippen LogP contribution is 2.22. The van der Waals surface area contributed by atoms with E-state index in [1.165, 1.54) is 0 Å². The van der Waals surface area contributed by atoms with E-state index >= 15 is 0 Å². The summed E-state index contributed by atoms with van der Waals surface area (Å²) in [6, 6.07) is 0. The van der Waals surface area contributed by atoms with Gasteiger partial charge in [-0.15, -0.1) is 0 Å². The maximum atomic E-state index is 9.19. The van der Waals surface area contributed by atoms with Crippen molar-refractivity contribution in [1.82, 2.24) is 0 Å². The molecule has 0 saturated carbocycles. The fourth-order valence-corrected chi connectivity index (χ4v) is 3.51. The van der Waals surface area contributed by atoms with Gasteiger partial charge in [-0.05, 0) is 12.8 Å². The van der Waals surface area contributed by atoms with Crippen LogP contribution in [0, 0.1) is 0 Å². The van der Waals surface area contributed by atoms with Crippen LogP contribution >= 0.6 is 0 Å². The maximum Gasteiger partial charge on any atom is 0.347 e. The number of hydrogen-bond acceptors (Lipinski definition) is 3. The van der Waals surface area contributed by atoms with Crippen LogP contribution in [0.2, 0.25) is 0 Å². The molecule has 2 N–H and O–H groups in total. The normalized spacial score (nSPS) is 17.2. The highest BCUT2D eigenvalue weighted by molar-refractivity contribution is 6.45. The van der Waals surface area contributed by atoms with Crippen molar-refractivity contribution >= 4 is 19.8 Å². The third-order valence-corrected chi connectivity index (χ3v) is 5.31. The molecular formula is C6H18O3Si2. The Morgan fingerprint density at radius 3 is 2.09 bits per heavy atom. The van der Waals surface area contributed by atoms with Gasteiger partial charge in [-0.2, -0.15) is 0 Å². The van der Waals surface area contributed by atoms with Crippen molar-refractivity contribution in [3.8, 4) is 0 Å². The Morgan fingerprint density at radius 2 is 2.00 bits per heavy atom. The minimum atomic E-state index is -2.63. The minimum Gasteiger partial charge on any atom is -0.420 e. The zero-order chi connectivity index (χ0) is 8.91. The Kier molecular flexibility index (Phi) is 5.19. The molecule has 0 radical (unpaired) electrons. The van der Waals surface area contributed by atoms with Gasteiger partial charge in [0.15, 0.2) is 0 Å². The van der Waals surface area contributed by atoms with Crippen LogP contribution in [-0.2, 0) is 4.43 Å². The third kappa shape index (κ3) is 2.68. The summed E-state index contributed by atoms with van der Waals surface area (Å²) in [4.78, 5) is 18.4. The zero-order valence-corrected chi connectivity index (χ0v) is 10.7. The minimum absolute atomic E-state index is 0.555. The van der Waals surface area contributed by atoms with E-state index in [0.717, 1.165) is 12.8 Å². The largest absolute Gasteiger partial charge is 0.420 e. The molecule has 0 heterocycles. The van der Waals surface area contributed by atoms with Crippen molar-refractivity contribution in [1.29, 1.82) is 0 Å². The molecule has 1 atom stereocenters. The number of rotatable bonds is 5. The topological polar surface area (TPSA) is 49.7 Å². The highest BCUT2D eigenvalue weighted by Gasteiger charge is 2.36. The summed E-state index contributed by atoms with van der Waals surface area (Å²) < 4.78 is 5.29. The Labute approximate surface area is 72.8 Å². The third-order valence-electron chi connectivity index (χ3n) is 2.15. The Hall–Kier alpha value is 0.314. The van der Waals surface area contributed by atoms with Crippen LogP contribution < -0.4 is 0 Å². The first-order chi connectivity index (χ1) is 5.13. The lowest BCUT2D eigenvalue weighted by Gasteiger charge is -2.31. The molecule has 0 aliphatic rings. The lowest BCUT2D eigenvalue weighted by Crippen LogP contribution is -2.48. The van der Waals surface area contributed by atoms with Crippen molar-refractivity contribution < 1.29 is 14.0 Å². The van der Waals surface area contributed by atoms with E-state index in [1.807, 2.05) is 13.8 Å². The molecule has 0 unspecified atom stereocenters. The van der Waals surface area contributed by atoms with Gasteiger partial charge in [-0.25, -0.2) is 0 Å². The summed E-state index contributed by atoms with van der Waals surface area (Å²) in [5.41, 5.74) is 0. The van der Waals surface area contributed by atoms with Gasteiger partial charge in [0.1, 0.15) is 10.5 Å². The first-order valence-corrected chi connectivity index (χ1v) is 6.47. The molecule has 0 amide bonds. The van der Waals surface area contributed by atoms with Crippen LogP contribution in [0.4, 0.5) is 0 Å². The lowest BCUT2D eigenvalue weighted by molar-refractivity contribution is 0.106. The molecule has 0 bridgehead atoms. The van der Waals surface area contributed by atoms with Crippen LogP contribution in [0.5, 0.6) is 0 Å². The van der Waals surface area contributed by atoms with E-state index in [1.54, 1.807) is 0 Å². The Morgan fingerprint density at radius 1 is 1.45 bits per heavy atom.